The number of pyridine rings is 1. The van der Waals surface area contributed by atoms with Crippen molar-refractivity contribution < 1.29 is 23.4 Å². The molecular formula is C17H16F2N2O3. The Balaban J connectivity index is 2.21. The maximum absolute atomic E-state index is 14.2. The number of halogens is 2. The smallest absolute Gasteiger partial charge is 0.267 e. The van der Waals surface area contributed by atoms with Crippen molar-refractivity contribution in [2.75, 3.05) is 6.61 Å². The average Bonchev–Trinajstić information content (AvgIpc) is 2.53. The zero-order valence-corrected chi connectivity index (χ0v) is 12.9. The Hall–Kier alpha value is -2.54. The maximum atomic E-state index is 14.2. The molecule has 24 heavy (non-hydrogen) atoms. The molecule has 0 fully saturated rings. The van der Waals surface area contributed by atoms with Crippen LogP contribution in [-0.4, -0.2) is 28.7 Å². The van der Waals surface area contributed by atoms with Crippen LogP contribution in [0.15, 0.2) is 24.3 Å². The van der Waals surface area contributed by atoms with Crippen molar-refractivity contribution in [2.24, 2.45) is 11.7 Å². The summed E-state index contributed by atoms with van der Waals surface area (Å²) in [7, 11) is 0. The van der Waals surface area contributed by atoms with Gasteiger partial charge in [-0.25, -0.2) is 13.8 Å². The quantitative estimate of drug-likeness (QED) is 0.900. The number of amides is 1. The molecule has 0 spiro atoms. The number of hydrogen-bond donors (Lipinski definition) is 2. The first-order valence-electron chi connectivity index (χ1n) is 7.47. The summed E-state index contributed by atoms with van der Waals surface area (Å²) in [5, 5.41) is 9.38. The highest BCUT2D eigenvalue weighted by Gasteiger charge is 2.31. The molecule has 7 heteroatoms. The van der Waals surface area contributed by atoms with Crippen molar-refractivity contribution in [1.29, 1.82) is 0 Å². The summed E-state index contributed by atoms with van der Waals surface area (Å²) in [6.07, 6.45) is -0.00213. The van der Waals surface area contributed by atoms with Gasteiger partial charge in [0.1, 0.15) is 23.4 Å². The summed E-state index contributed by atoms with van der Waals surface area (Å²) in [6, 6.07) is 4.59. The van der Waals surface area contributed by atoms with E-state index < -0.39 is 23.6 Å². The normalized spacial score (nSPS) is 19.5. The van der Waals surface area contributed by atoms with Gasteiger partial charge in [-0.3, -0.25) is 4.79 Å². The Morgan fingerprint density at radius 3 is 2.75 bits per heavy atom. The molecule has 1 aliphatic rings. The molecule has 0 radical (unpaired) electrons. The zero-order valence-electron chi connectivity index (χ0n) is 12.9. The van der Waals surface area contributed by atoms with E-state index in [4.69, 9.17) is 10.5 Å². The van der Waals surface area contributed by atoms with Crippen LogP contribution in [0.2, 0.25) is 0 Å². The fourth-order valence-electron chi connectivity index (χ4n) is 2.85. The molecule has 1 aromatic heterocycles. The van der Waals surface area contributed by atoms with Crippen molar-refractivity contribution >= 4 is 5.91 Å². The summed E-state index contributed by atoms with van der Waals surface area (Å²) < 4.78 is 33.1. The number of primary amides is 1. The van der Waals surface area contributed by atoms with Gasteiger partial charge in [-0.05, 0) is 36.1 Å². The molecule has 1 amide bonds. The van der Waals surface area contributed by atoms with E-state index in [1.165, 1.54) is 12.1 Å². The number of benzene rings is 1. The van der Waals surface area contributed by atoms with Crippen molar-refractivity contribution in [2.45, 2.75) is 19.4 Å². The summed E-state index contributed by atoms with van der Waals surface area (Å²) in [5.41, 5.74) is 6.32. The molecule has 0 saturated heterocycles. The van der Waals surface area contributed by atoms with Crippen LogP contribution in [-0.2, 0) is 6.42 Å². The molecule has 3 rings (SSSR count). The number of aliphatic hydroxyl groups is 1. The van der Waals surface area contributed by atoms with Gasteiger partial charge in [0.15, 0.2) is 0 Å². The molecule has 126 valence electrons. The Morgan fingerprint density at radius 1 is 1.38 bits per heavy atom. The van der Waals surface area contributed by atoms with Crippen LogP contribution in [0.25, 0.3) is 11.1 Å². The lowest BCUT2D eigenvalue weighted by Crippen LogP contribution is -2.35. The Labute approximate surface area is 137 Å². The first kappa shape index (κ1) is 16.3. The highest BCUT2D eigenvalue weighted by molar-refractivity contribution is 5.93. The second kappa shape index (κ2) is 6.16. The first-order valence-corrected chi connectivity index (χ1v) is 7.47. The lowest BCUT2D eigenvalue weighted by Gasteiger charge is -2.31. The molecular weight excluding hydrogens is 318 g/mol. The topological polar surface area (TPSA) is 85.4 Å². The first-order chi connectivity index (χ1) is 11.4. The van der Waals surface area contributed by atoms with Crippen LogP contribution in [0, 0.1) is 17.6 Å². The Bertz CT molecular complexity index is 811. The average molecular weight is 334 g/mol. The van der Waals surface area contributed by atoms with Gasteiger partial charge in [-0.1, -0.05) is 6.92 Å². The fraction of sp³-hybridized carbons (Fsp3) is 0.294. The highest BCUT2D eigenvalue weighted by atomic mass is 19.1. The third kappa shape index (κ3) is 2.82. The van der Waals surface area contributed by atoms with Crippen LogP contribution in [0.3, 0.4) is 0 Å². The van der Waals surface area contributed by atoms with Gasteiger partial charge >= 0.3 is 0 Å². The number of rotatable bonds is 3. The van der Waals surface area contributed by atoms with Crippen LogP contribution >= 0.6 is 0 Å². The van der Waals surface area contributed by atoms with E-state index in [9.17, 15) is 18.7 Å². The van der Waals surface area contributed by atoms with E-state index in [1.807, 2.05) is 6.92 Å². The molecule has 0 saturated carbocycles. The number of aliphatic hydroxyl groups excluding tert-OH is 1. The highest BCUT2D eigenvalue weighted by Crippen LogP contribution is 2.38. The molecule has 0 unspecified atom stereocenters. The van der Waals surface area contributed by atoms with Crippen LogP contribution in [0.5, 0.6) is 5.88 Å². The van der Waals surface area contributed by atoms with Crippen molar-refractivity contribution in [3.63, 3.8) is 0 Å². The summed E-state index contributed by atoms with van der Waals surface area (Å²) in [4.78, 5) is 15.6. The van der Waals surface area contributed by atoms with E-state index in [2.05, 4.69) is 4.98 Å². The number of carbonyl (C=O) groups excluding carboxylic acids is 1. The Morgan fingerprint density at radius 2 is 2.12 bits per heavy atom. The number of carbonyl (C=O) groups is 1. The monoisotopic (exact) mass is 334 g/mol. The molecule has 1 aromatic carbocycles. The standard InChI is InChI=1S/C17H16F2N2O3/c1-8-4-12-11(10-3-2-9(18)5-13(10)19)6-14(16(20)23)21-17(12)24-15(8)7-22/h2-3,5-6,8,15,22H,4,7H2,1H3,(H2,20,23)/t8-,15+/m0/s1. The number of aromatic nitrogens is 1. The fourth-order valence-corrected chi connectivity index (χ4v) is 2.85. The van der Waals surface area contributed by atoms with Gasteiger partial charge < -0.3 is 15.6 Å². The minimum absolute atomic E-state index is 0.0361. The van der Waals surface area contributed by atoms with Gasteiger partial charge in [-0.2, -0.15) is 0 Å². The van der Waals surface area contributed by atoms with Gasteiger partial charge in [0.05, 0.1) is 6.61 Å². The van der Waals surface area contributed by atoms with Crippen molar-refractivity contribution in [1.82, 2.24) is 4.98 Å². The summed E-state index contributed by atoms with van der Waals surface area (Å²) in [5.74, 6) is -2.13. The van der Waals surface area contributed by atoms with Gasteiger partial charge in [0, 0.05) is 17.2 Å². The molecule has 0 aliphatic carbocycles. The largest absolute Gasteiger partial charge is 0.471 e. The lowest BCUT2D eigenvalue weighted by atomic mass is 9.88. The second-order valence-electron chi connectivity index (χ2n) is 5.85. The van der Waals surface area contributed by atoms with Crippen molar-refractivity contribution in [3.05, 3.63) is 47.2 Å². The van der Waals surface area contributed by atoms with Gasteiger partial charge in [0.2, 0.25) is 5.88 Å². The van der Waals surface area contributed by atoms with E-state index in [0.29, 0.717) is 17.5 Å². The molecule has 2 heterocycles. The van der Waals surface area contributed by atoms with Crippen LogP contribution in [0.4, 0.5) is 8.78 Å². The molecule has 3 N–H and O–H groups in total. The van der Waals surface area contributed by atoms with E-state index in [1.54, 1.807) is 0 Å². The number of hydrogen-bond acceptors (Lipinski definition) is 4. The number of nitrogens with two attached hydrogens (primary N) is 1. The van der Waals surface area contributed by atoms with E-state index in [0.717, 1.165) is 12.1 Å². The van der Waals surface area contributed by atoms with E-state index in [-0.39, 0.29) is 29.7 Å². The summed E-state index contributed by atoms with van der Waals surface area (Å²) >= 11 is 0. The zero-order chi connectivity index (χ0) is 17.4. The number of fused-ring (bicyclic) bond motifs is 1. The third-order valence-corrected chi connectivity index (χ3v) is 4.16. The minimum Gasteiger partial charge on any atom is -0.471 e. The molecule has 5 nitrogen and oxygen atoms in total. The molecule has 2 atom stereocenters. The predicted molar refractivity (Wildman–Crippen MR) is 82.5 cm³/mol. The van der Waals surface area contributed by atoms with Crippen LogP contribution in [0.1, 0.15) is 23.0 Å². The molecule has 0 bridgehead atoms. The Kier molecular flexibility index (Phi) is 4.19. The number of nitrogens with zero attached hydrogens (tertiary/aromatic N) is 1. The second-order valence-corrected chi connectivity index (χ2v) is 5.85. The minimum atomic E-state index is -0.788. The van der Waals surface area contributed by atoms with E-state index >= 15 is 0 Å². The maximum Gasteiger partial charge on any atom is 0.267 e. The number of ether oxygens (including phenoxy) is 1. The SMILES string of the molecule is C[C@H]1Cc2c(-c3ccc(F)cc3F)cc(C(N)=O)nc2O[C@@H]1CO. The van der Waals surface area contributed by atoms with Crippen molar-refractivity contribution in [3.8, 4) is 17.0 Å². The predicted octanol–water partition coefficient (Wildman–Crippen LogP) is 2.06. The van der Waals surface area contributed by atoms with Gasteiger partial charge in [-0.15, -0.1) is 0 Å². The van der Waals surface area contributed by atoms with Gasteiger partial charge in [0.25, 0.3) is 5.91 Å². The molecule has 1 aliphatic heterocycles. The lowest BCUT2D eigenvalue weighted by molar-refractivity contribution is 0.0561. The van der Waals surface area contributed by atoms with Crippen LogP contribution < -0.4 is 10.5 Å². The summed E-state index contributed by atoms with van der Waals surface area (Å²) in [6.45, 7) is 1.68. The third-order valence-electron chi connectivity index (χ3n) is 4.16. The molecule has 2 aromatic rings.